The molecule has 1 amide bonds. The first kappa shape index (κ1) is 15.0. The summed E-state index contributed by atoms with van der Waals surface area (Å²) < 4.78 is 0. The van der Waals surface area contributed by atoms with Gasteiger partial charge in [-0.1, -0.05) is 6.58 Å². The van der Waals surface area contributed by atoms with E-state index < -0.39 is 5.97 Å². The van der Waals surface area contributed by atoms with Crippen LogP contribution in [0.25, 0.3) is 11.2 Å². The summed E-state index contributed by atoms with van der Waals surface area (Å²) >= 11 is 0. The molecule has 0 unspecified atom stereocenters. The lowest BCUT2D eigenvalue weighted by Crippen LogP contribution is -2.41. The molecule has 3 N–H and O–H groups in total. The molecule has 3 rings (SSSR count). The molecule has 0 saturated carbocycles. The second-order valence-corrected chi connectivity index (χ2v) is 5.41. The van der Waals surface area contributed by atoms with Gasteiger partial charge in [0.25, 0.3) is 0 Å². The molecule has 8 heteroatoms. The molecule has 0 radical (unpaired) electrons. The van der Waals surface area contributed by atoms with Crippen LogP contribution in [-0.4, -0.2) is 56.0 Å². The summed E-state index contributed by atoms with van der Waals surface area (Å²) in [6, 6.07) is 0.169. The predicted octanol–water partition coefficient (Wildman–Crippen LogP) is 1.24. The number of rotatable bonds is 4. The largest absolute Gasteiger partial charge is 0.478 e. The smallest absolute Gasteiger partial charge is 0.339 e. The Morgan fingerprint density at radius 2 is 2.17 bits per heavy atom. The number of amides is 1. The Balaban J connectivity index is 1.70. The van der Waals surface area contributed by atoms with Crippen molar-refractivity contribution < 1.29 is 14.7 Å². The predicted molar refractivity (Wildman–Crippen MR) is 84.3 cm³/mol. The summed E-state index contributed by atoms with van der Waals surface area (Å²) in [4.78, 5) is 35.8. The highest BCUT2D eigenvalue weighted by atomic mass is 16.4. The number of fused-ring (bicyclic) bond motifs is 1. The SMILES string of the molecule is C=CC(=O)N1CCC(Nc2cnc3[nH]cc(C(=O)O)c3n2)CC1. The minimum absolute atomic E-state index is 0.0527. The number of hydrogen-bond donors (Lipinski definition) is 3. The third kappa shape index (κ3) is 3.01. The van der Waals surface area contributed by atoms with E-state index in [0.29, 0.717) is 30.1 Å². The molecule has 3 heterocycles. The topological polar surface area (TPSA) is 111 Å². The summed E-state index contributed by atoms with van der Waals surface area (Å²) in [6.45, 7) is 4.80. The van der Waals surface area contributed by atoms with Crippen molar-refractivity contribution in [3.63, 3.8) is 0 Å². The van der Waals surface area contributed by atoms with E-state index in [-0.39, 0.29) is 17.5 Å². The minimum Gasteiger partial charge on any atom is -0.478 e. The Morgan fingerprint density at radius 3 is 2.83 bits per heavy atom. The van der Waals surface area contributed by atoms with Gasteiger partial charge in [-0.3, -0.25) is 4.79 Å². The number of aromatic nitrogens is 3. The fraction of sp³-hybridized carbons (Fsp3) is 0.333. The fourth-order valence-electron chi connectivity index (χ4n) is 2.71. The fourth-order valence-corrected chi connectivity index (χ4v) is 2.71. The van der Waals surface area contributed by atoms with E-state index in [1.54, 1.807) is 11.1 Å². The van der Waals surface area contributed by atoms with Gasteiger partial charge in [-0.15, -0.1) is 0 Å². The third-order valence-corrected chi connectivity index (χ3v) is 3.94. The number of likely N-dealkylation sites (tertiary alicyclic amines) is 1. The summed E-state index contributed by atoms with van der Waals surface area (Å²) in [5.41, 5.74) is 0.878. The molecular weight excluding hydrogens is 298 g/mol. The Bertz CT molecular complexity index is 762. The zero-order valence-corrected chi connectivity index (χ0v) is 12.5. The van der Waals surface area contributed by atoms with Crippen LogP contribution in [0.1, 0.15) is 23.2 Å². The van der Waals surface area contributed by atoms with Gasteiger partial charge in [-0.2, -0.15) is 0 Å². The van der Waals surface area contributed by atoms with E-state index in [1.807, 2.05) is 0 Å². The first-order valence-electron chi connectivity index (χ1n) is 7.34. The van der Waals surface area contributed by atoms with E-state index in [1.165, 1.54) is 12.3 Å². The van der Waals surface area contributed by atoms with Crippen LogP contribution in [0.3, 0.4) is 0 Å². The maximum absolute atomic E-state index is 11.6. The standard InChI is InChI=1S/C15H17N5O3/c1-2-12(21)20-5-3-9(4-6-20)18-11-8-17-14-13(19-11)10(7-16-14)15(22)23/h2,7-9H,1,3-6H2,(H,16,17)(H,18,19)(H,22,23). The number of nitrogens with zero attached hydrogens (tertiary/aromatic N) is 3. The number of carboxylic acid groups (broad SMARTS) is 1. The summed E-state index contributed by atoms with van der Waals surface area (Å²) in [5, 5.41) is 12.4. The van der Waals surface area contributed by atoms with E-state index in [9.17, 15) is 9.59 Å². The molecule has 1 saturated heterocycles. The maximum Gasteiger partial charge on any atom is 0.339 e. The third-order valence-electron chi connectivity index (χ3n) is 3.94. The molecule has 0 spiro atoms. The van der Waals surface area contributed by atoms with Crippen molar-refractivity contribution in [3.05, 3.63) is 30.6 Å². The lowest BCUT2D eigenvalue weighted by atomic mass is 10.1. The second-order valence-electron chi connectivity index (χ2n) is 5.41. The average Bonchev–Trinajstić information content (AvgIpc) is 2.98. The normalized spacial score (nSPS) is 15.6. The van der Waals surface area contributed by atoms with Crippen molar-refractivity contribution in [1.29, 1.82) is 0 Å². The van der Waals surface area contributed by atoms with Crippen LogP contribution in [0, 0.1) is 0 Å². The van der Waals surface area contributed by atoms with Gasteiger partial charge >= 0.3 is 5.97 Å². The molecule has 0 bridgehead atoms. The van der Waals surface area contributed by atoms with Crippen LogP contribution in [0.5, 0.6) is 0 Å². The molecule has 120 valence electrons. The molecule has 0 atom stereocenters. The Labute approximate surface area is 132 Å². The molecule has 0 aromatic carbocycles. The number of carbonyl (C=O) groups excluding carboxylic acids is 1. The number of hydrogen-bond acceptors (Lipinski definition) is 5. The van der Waals surface area contributed by atoms with Crippen molar-refractivity contribution >= 4 is 28.9 Å². The second kappa shape index (κ2) is 6.07. The van der Waals surface area contributed by atoms with Crippen LogP contribution in [0.4, 0.5) is 5.82 Å². The zero-order chi connectivity index (χ0) is 16.4. The summed E-state index contributed by atoms with van der Waals surface area (Å²) in [6.07, 6.45) is 5.87. The van der Waals surface area contributed by atoms with Crippen molar-refractivity contribution in [2.45, 2.75) is 18.9 Å². The van der Waals surface area contributed by atoms with Crippen LogP contribution in [0.2, 0.25) is 0 Å². The minimum atomic E-state index is -1.04. The molecule has 2 aromatic heterocycles. The van der Waals surface area contributed by atoms with Crippen molar-refractivity contribution in [3.8, 4) is 0 Å². The van der Waals surface area contributed by atoms with Crippen LogP contribution < -0.4 is 5.32 Å². The molecule has 23 heavy (non-hydrogen) atoms. The van der Waals surface area contributed by atoms with Crippen LogP contribution in [-0.2, 0) is 4.79 Å². The molecule has 0 aliphatic carbocycles. The average molecular weight is 315 g/mol. The first-order valence-corrected chi connectivity index (χ1v) is 7.34. The lowest BCUT2D eigenvalue weighted by molar-refractivity contribution is -0.126. The van der Waals surface area contributed by atoms with Gasteiger partial charge in [-0.05, 0) is 18.9 Å². The van der Waals surface area contributed by atoms with Gasteiger partial charge in [-0.25, -0.2) is 14.8 Å². The summed E-state index contributed by atoms with van der Waals surface area (Å²) in [7, 11) is 0. The maximum atomic E-state index is 11.6. The van der Waals surface area contributed by atoms with Crippen LogP contribution >= 0.6 is 0 Å². The number of H-pyrrole nitrogens is 1. The number of piperidine rings is 1. The number of carboxylic acids is 1. The van der Waals surface area contributed by atoms with E-state index in [4.69, 9.17) is 5.11 Å². The van der Waals surface area contributed by atoms with Crippen molar-refractivity contribution in [2.24, 2.45) is 0 Å². The van der Waals surface area contributed by atoms with E-state index in [0.717, 1.165) is 12.8 Å². The summed E-state index contributed by atoms with van der Waals surface area (Å²) in [5.74, 6) is -0.560. The van der Waals surface area contributed by atoms with Gasteiger partial charge in [0.2, 0.25) is 5.91 Å². The highest BCUT2D eigenvalue weighted by Crippen LogP contribution is 2.19. The molecule has 1 aliphatic heterocycles. The zero-order valence-electron chi connectivity index (χ0n) is 12.5. The van der Waals surface area contributed by atoms with Crippen molar-refractivity contribution in [1.82, 2.24) is 19.9 Å². The Hall–Kier alpha value is -2.90. The number of carbonyl (C=O) groups is 2. The van der Waals surface area contributed by atoms with Gasteiger partial charge in [0.1, 0.15) is 16.9 Å². The molecular formula is C15H17N5O3. The van der Waals surface area contributed by atoms with E-state index in [2.05, 4.69) is 26.8 Å². The van der Waals surface area contributed by atoms with Gasteiger partial charge < -0.3 is 20.3 Å². The van der Waals surface area contributed by atoms with Crippen molar-refractivity contribution in [2.75, 3.05) is 18.4 Å². The number of aromatic amines is 1. The molecule has 8 nitrogen and oxygen atoms in total. The van der Waals surface area contributed by atoms with Crippen LogP contribution in [0.15, 0.2) is 25.0 Å². The molecule has 1 aliphatic rings. The van der Waals surface area contributed by atoms with Gasteiger partial charge in [0.15, 0.2) is 5.65 Å². The van der Waals surface area contributed by atoms with E-state index >= 15 is 0 Å². The molecule has 2 aromatic rings. The number of nitrogens with one attached hydrogen (secondary N) is 2. The first-order chi connectivity index (χ1) is 11.1. The lowest BCUT2D eigenvalue weighted by Gasteiger charge is -2.31. The number of anilines is 1. The highest BCUT2D eigenvalue weighted by molar-refractivity contribution is 6.00. The number of aromatic carboxylic acids is 1. The molecule has 1 fully saturated rings. The highest BCUT2D eigenvalue weighted by Gasteiger charge is 2.22. The van der Waals surface area contributed by atoms with Gasteiger partial charge in [0.05, 0.1) is 6.20 Å². The van der Waals surface area contributed by atoms with Gasteiger partial charge in [0, 0.05) is 25.3 Å². The Kier molecular flexibility index (Phi) is 3.96. The Morgan fingerprint density at radius 1 is 1.43 bits per heavy atom. The monoisotopic (exact) mass is 315 g/mol. The quantitative estimate of drug-likeness (QED) is 0.732.